The molecule has 6 nitrogen and oxygen atoms in total. The van der Waals surface area contributed by atoms with E-state index in [2.05, 4.69) is 0 Å². The molecule has 5 fully saturated rings. The fraction of sp³-hybridized carbons (Fsp3) is 0.462. The molecule has 7 atom stereocenters. The molecule has 2 aromatic rings. The van der Waals surface area contributed by atoms with Gasteiger partial charge in [-0.15, -0.1) is 0 Å². The molecule has 0 aromatic heterocycles. The third-order valence-corrected chi connectivity index (χ3v) is 7.74. The Balaban J connectivity index is 0.000000122. The summed E-state index contributed by atoms with van der Waals surface area (Å²) in [4.78, 5) is 27.8. The molecule has 0 radical (unpaired) electrons. The zero-order valence-corrected chi connectivity index (χ0v) is 17.9. The summed E-state index contributed by atoms with van der Waals surface area (Å²) in [6.07, 6.45) is 1.94. The lowest BCUT2D eigenvalue weighted by atomic mass is 10.1. The number of nitrogens with zero attached hydrogens (tertiary/aromatic N) is 2. The van der Waals surface area contributed by atoms with Crippen LogP contribution >= 0.6 is 0 Å². The monoisotopic (exact) mass is 432 g/mol. The molecule has 3 aliphatic heterocycles. The molecule has 2 aromatic carbocycles. The highest BCUT2D eigenvalue weighted by atomic mass is 16.5. The van der Waals surface area contributed by atoms with E-state index in [1.54, 1.807) is 0 Å². The summed E-state index contributed by atoms with van der Waals surface area (Å²) in [5.41, 5.74) is 2.23. The zero-order chi connectivity index (χ0) is 21.8. The number of carbonyl (C=O) groups excluding carboxylic acids is 2. The molecule has 0 spiro atoms. The van der Waals surface area contributed by atoms with E-state index in [4.69, 9.17) is 4.74 Å². The number of hydrogen-bond acceptors (Lipinski definition) is 4. The fourth-order valence-corrected chi connectivity index (χ4v) is 5.86. The molecule has 5 aliphatic rings. The van der Waals surface area contributed by atoms with Crippen LogP contribution in [-0.2, 0) is 20.9 Å². The van der Waals surface area contributed by atoms with E-state index < -0.39 is 0 Å². The zero-order valence-electron chi connectivity index (χ0n) is 17.9. The van der Waals surface area contributed by atoms with Gasteiger partial charge in [0.05, 0.1) is 25.3 Å². The van der Waals surface area contributed by atoms with E-state index in [1.165, 1.54) is 0 Å². The molecule has 2 aliphatic carbocycles. The number of aliphatic hydroxyl groups is 1. The number of benzene rings is 2. The van der Waals surface area contributed by atoms with Crippen LogP contribution in [0.4, 0.5) is 0 Å². The maximum atomic E-state index is 12.1. The second-order valence-electron chi connectivity index (χ2n) is 9.62. The topological polar surface area (TPSA) is 70.1 Å². The van der Waals surface area contributed by atoms with Gasteiger partial charge >= 0.3 is 0 Å². The van der Waals surface area contributed by atoms with Gasteiger partial charge in [0.15, 0.2) is 6.23 Å². The number of piperidine rings is 2. The molecular weight excluding hydrogens is 404 g/mol. The van der Waals surface area contributed by atoms with Crippen molar-refractivity contribution in [3.05, 3.63) is 71.8 Å². The van der Waals surface area contributed by atoms with Crippen LogP contribution in [0.15, 0.2) is 60.7 Å². The predicted octanol–water partition coefficient (Wildman–Crippen LogP) is 2.59. The summed E-state index contributed by atoms with van der Waals surface area (Å²) < 4.78 is 5.78. The SMILES string of the molecule is O=C1[C@@H]2C[C@@H]2C(CO)N1Cc1ccccc1.O=C1[C@@H]2C[C@@H]2C2COC(c3ccccc3)N12. The van der Waals surface area contributed by atoms with Crippen LogP contribution in [-0.4, -0.2) is 52.0 Å². The summed E-state index contributed by atoms with van der Waals surface area (Å²) in [5.74, 6) is 2.07. The van der Waals surface area contributed by atoms with E-state index in [1.807, 2.05) is 70.5 Å². The minimum Gasteiger partial charge on any atom is -0.394 e. The van der Waals surface area contributed by atoms with Crippen LogP contribution in [0.1, 0.15) is 30.2 Å². The Kier molecular flexibility index (Phi) is 4.81. The van der Waals surface area contributed by atoms with Crippen LogP contribution in [0.3, 0.4) is 0 Å². The van der Waals surface area contributed by atoms with Gasteiger partial charge in [0.2, 0.25) is 11.8 Å². The Labute approximate surface area is 187 Å². The quantitative estimate of drug-likeness (QED) is 0.806. The Morgan fingerprint density at radius 2 is 1.53 bits per heavy atom. The molecular formula is C26H28N2O4. The highest BCUT2D eigenvalue weighted by molar-refractivity contribution is 5.86. The number of rotatable bonds is 4. The standard InChI is InChI=1S/C13H13NO2.C13H15NO2/c15-12-10-6-9(10)11-7-16-13(14(11)12)8-4-2-1-3-5-8;15-8-12-10-6-11(10)13(16)14(12)7-9-4-2-1-3-5-9/h1-5,9-11,13H,6-7H2;1-5,10-12,15H,6-8H2/t9-,10+,11?,13?;10-,11+,12?/m00/s1. The van der Waals surface area contributed by atoms with Gasteiger partial charge < -0.3 is 19.6 Å². The van der Waals surface area contributed by atoms with Crippen molar-refractivity contribution < 1.29 is 19.4 Å². The van der Waals surface area contributed by atoms with Gasteiger partial charge in [-0.05, 0) is 30.2 Å². The van der Waals surface area contributed by atoms with E-state index in [0.717, 1.165) is 24.0 Å². The number of likely N-dealkylation sites (tertiary alicyclic amines) is 1. The van der Waals surface area contributed by atoms with Crippen molar-refractivity contribution in [1.82, 2.24) is 9.80 Å². The Morgan fingerprint density at radius 1 is 0.875 bits per heavy atom. The van der Waals surface area contributed by atoms with Crippen LogP contribution in [0, 0.1) is 23.7 Å². The summed E-state index contributed by atoms with van der Waals surface area (Å²) in [5, 5.41) is 9.34. The second kappa shape index (κ2) is 7.71. The van der Waals surface area contributed by atoms with Crippen LogP contribution in [0.5, 0.6) is 0 Å². The van der Waals surface area contributed by atoms with E-state index in [9.17, 15) is 14.7 Å². The number of hydrogen-bond donors (Lipinski definition) is 1. The first-order valence-electron chi connectivity index (χ1n) is 11.6. The van der Waals surface area contributed by atoms with E-state index in [-0.39, 0.29) is 30.7 Å². The van der Waals surface area contributed by atoms with E-state index in [0.29, 0.717) is 42.9 Å². The molecule has 3 saturated heterocycles. The number of amides is 2. The number of aliphatic hydroxyl groups excluding tert-OH is 1. The van der Waals surface area contributed by atoms with Crippen molar-refractivity contribution in [2.45, 2.75) is 37.7 Å². The van der Waals surface area contributed by atoms with Crippen molar-refractivity contribution in [3.8, 4) is 0 Å². The average molecular weight is 433 g/mol. The highest BCUT2D eigenvalue weighted by Gasteiger charge is 2.62. The van der Waals surface area contributed by atoms with Crippen molar-refractivity contribution in [2.24, 2.45) is 23.7 Å². The number of ether oxygens (including phenoxy) is 1. The molecule has 6 heteroatoms. The van der Waals surface area contributed by atoms with E-state index >= 15 is 0 Å². The minimum atomic E-state index is -0.133. The van der Waals surface area contributed by atoms with Gasteiger partial charge in [0.25, 0.3) is 0 Å². The predicted molar refractivity (Wildman–Crippen MR) is 117 cm³/mol. The Hall–Kier alpha value is -2.70. The largest absolute Gasteiger partial charge is 0.394 e. The molecule has 166 valence electrons. The molecule has 2 amide bonds. The first-order chi connectivity index (χ1) is 15.7. The van der Waals surface area contributed by atoms with Crippen molar-refractivity contribution in [1.29, 1.82) is 0 Å². The third kappa shape index (κ3) is 3.24. The summed E-state index contributed by atoms with van der Waals surface area (Å²) in [7, 11) is 0. The molecule has 3 unspecified atom stereocenters. The van der Waals surface area contributed by atoms with Gasteiger partial charge in [0, 0.05) is 23.9 Å². The highest BCUT2D eigenvalue weighted by Crippen LogP contribution is 2.55. The molecule has 0 bridgehead atoms. The van der Waals surface area contributed by atoms with Crippen molar-refractivity contribution >= 4 is 11.8 Å². The van der Waals surface area contributed by atoms with Crippen LogP contribution in [0.2, 0.25) is 0 Å². The lowest BCUT2D eigenvalue weighted by Crippen LogP contribution is -2.38. The Morgan fingerprint density at radius 3 is 2.25 bits per heavy atom. The maximum absolute atomic E-state index is 12.1. The summed E-state index contributed by atoms with van der Waals surface area (Å²) in [6.45, 7) is 1.45. The van der Waals surface area contributed by atoms with Crippen molar-refractivity contribution in [2.75, 3.05) is 13.2 Å². The minimum absolute atomic E-state index is 0.0534. The van der Waals surface area contributed by atoms with Gasteiger partial charge in [0.1, 0.15) is 0 Å². The number of carbonyl (C=O) groups is 2. The summed E-state index contributed by atoms with van der Waals surface area (Å²) >= 11 is 0. The lowest BCUT2D eigenvalue weighted by Gasteiger charge is -2.26. The van der Waals surface area contributed by atoms with Crippen LogP contribution in [0.25, 0.3) is 0 Å². The van der Waals surface area contributed by atoms with Gasteiger partial charge in [-0.1, -0.05) is 60.7 Å². The molecule has 7 rings (SSSR count). The third-order valence-electron chi connectivity index (χ3n) is 7.74. The maximum Gasteiger partial charge on any atom is 0.228 e. The van der Waals surface area contributed by atoms with Crippen molar-refractivity contribution in [3.63, 3.8) is 0 Å². The molecule has 32 heavy (non-hydrogen) atoms. The lowest BCUT2D eigenvalue weighted by molar-refractivity contribution is -0.136. The normalized spacial score (nSPS) is 35.7. The Bertz CT molecular complexity index is 1000. The number of fused-ring (bicyclic) bond motifs is 4. The fourth-order valence-electron chi connectivity index (χ4n) is 5.86. The average Bonchev–Trinajstić information content (AvgIpc) is 3.71. The molecule has 1 N–H and O–H groups in total. The molecule has 2 saturated carbocycles. The van der Waals surface area contributed by atoms with Crippen LogP contribution < -0.4 is 0 Å². The second-order valence-corrected chi connectivity index (χ2v) is 9.62. The summed E-state index contributed by atoms with van der Waals surface area (Å²) in [6, 6.07) is 20.4. The smallest absolute Gasteiger partial charge is 0.228 e. The van der Waals surface area contributed by atoms with Gasteiger partial charge in [-0.2, -0.15) is 0 Å². The molecule has 3 heterocycles. The first kappa shape index (κ1) is 19.9. The van der Waals surface area contributed by atoms with Gasteiger partial charge in [-0.3, -0.25) is 9.59 Å². The van der Waals surface area contributed by atoms with Gasteiger partial charge in [-0.25, -0.2) is 0 Å². The first-order valence-corrected chi connectivity index (χ1v) is 11.6.